The number of pyridine rings is 1. The summed E-state index contributed by atoms with van der Waals surface area (Å²) in [7, 11) is 0. The van der Waals surface area contributed by atoms with E-state index in [1.165, 1.54) is 25.7 Å². The van der Waals surface area contributed by atoms with Gasteiger partial charge in [-0.25, -0.2) is 4.98 Å². The molecule has 1 saturated carbocycles. The fourth-order valence-electron chi connectivity index (χ4n) is 3.37. The molecular formula is C15H22N2O2. The predicted molar refractivity (Wildman–Crippen MR) is 74.2 cm³/mol. The Morgan fingerprint density at radius 2 is 2.26 bits per heavy atom. The van der Waals surface area contributed by atoms with E-state index in [2.05, 4.69) is 16.8 Å². The summed E-state index contributed by atoms with van der Waals surface area (Å²) in [6, 6.07) is 2.52. The minimum Gasteiger partial charge on any atom is -0.392 e. The maximum Gasteiger partial charge on any atom is 0.131 e. The summed E-state index contributed by atoms with van der Waals surface area (Å²) in [5.74, 6) is 1.07. The van der Waals surface area contributed by atoms with Crippen LogP contribution in [0.25, 0.3) is 0 Å². The first-order valence-electron chi connectivity index (χ1n) is 7.24. The molecule has 0 radical (unpaired) electrons. The third-order valence-corrected chi connectivity index (χ3v) is 4.29. The second-order valence-electron chi connectivity index (χ2n) is 5.60. The lowest BCUT2D eigenvalue weighted by Gasteiger charge is -2.44. The Balaban J connectivity index is 1.87. The van der Waals surface area contributed by atoms with Gasteiger partial charge in [0.05, 0.1) is 25.4 Å². The van der Waals surface area contributed by atoms with Crippen LogP contribution in [0.4, 0.5) is 5.82 Å². The molecule has 0 amide bonds. The third-order valence-electron chi connectivity index (χ3n) is 4.29. The van der Waals surface area contributed by atoms with Crippen molar-refractivity contribution in [3.63, 3.8) is 0 Å². The van der Waals surface area contributed by atoms with Gasteiger partial charge in [0.25, 0.3) is 0 Å². The molecule has 2 heterocycles. The Kier molecular flexibility index (Phi) is 3.71. The molecule has 19 heavy (non-hydrogen) atoms. The highest BCUT2D eigenvalue weighted by Crippen LogP contribution is 2.32. The number of nitrogens with zero attached hydrogens (tertiary/aromatic N) is 2. The third kappa shape index (κ3) is 2.47. The molecule has 1 saturated heterocycles. The number of aryl methyl sites for hydroxylation is 1. The fourth-order valence-corrected chi connectivity index (χ4v) is 3.37. The van der Waals surface area contributed by atoms with Gasteiger partial charge < -0.3 is 14.7 Å². The fraction of sp³-hybridized carbons (Fsp3) is 0.667. The van der Waals surface area contributed by atoms with Crippen LogP contribution in [0.15, 0.2) is 12.3 Å². The quantitative estimate of drug-likeness (QED) is 0.886. The average Bonchev–Trinajstić information content (AvgIpc) is 2.46. The van der Waals surface area contributed by atoms with Gasteiger partial charge in [-0.2, -0.15) is 0 Å². The van der Waals surface area contributed by atoms with E-state index in [4.69, 9.17) is 4.74 Å². The molecule has 4 nitrogen and oxygen atoms in total. The zero-order valence-electron chi connectivity index (χ0n) is 11.5. The molecular weight excluding hydrogens is 240 g/mol. The number of aromatic nitrogens is 1. The van der Waals surface area contributed by atoms with Gasteiger partial charge in [0.15, 0.2) is 0 Å². The molecule has 2 fully saturated rings. The summed E-state index contributed by atoms with van der Waals surface area (Å²) in [5, 5.41) is 9.18. The molecule has 1 aliphatic carbocycles. The first-order valence-corrected chi connectivity index (χ1v) is 7.24. The van der Waals surface area contributed by atoms with Crippen LogP contribution < -0.4 is 4.90 Å². The number of hydrogen-bond acceptors (Lipinski definition) is 4. The van der Waals surface area contributed by atoms with Gasteiger partial charge in [-0.3, -0.25) is 0 Å². The molecule has 104 valence electrons. The lowest BCUT2D eigenvalue weighted by Crippen LogP contribution is -2.53. The smallest absolute Gasteiger partial charge is 0.131 e. The van der Waals surface area contributed by atoms with Crippen LogP contribution in [0.5, 0.6) is 0 Å². The van der Waals surface area contributed by atoms with Crippen molar-refractivity contribution >= 4 is 5.82 Å². The van der Waals surface area contributed by atoms with E-state index in [1.807, 2.05) is 6.07 Å². The summed E-state index contributed by atoms with van der Waals surface area (Å²) in [6.07, 6.45) is 7.11. The first-order chi connectivity index (χ1) is 9.29. The van der Waals surface area contributed by atoms with E-state index in [1.54, 1.807) is 6.20 Å². The number of aliphatic hydroxyl groups excluding tert-OH is 1. The second-order valence-corrected chi connectivity index (χ2v) is 5.60. The topological polar surface area (TPSA) is 45.6 Å². The Hall–Kier alpha value is -1.13. The summed E-state index contributed by atoms with van der Waals surface area (Å²) >= 11 is 0. The van der Waals surface area contributed by atoms with E-state index in [9.17, 15) is 5.11 Å². The SMILES string of the molecule is Cc1cc(CO)cnc1N1CCOC2CCCCC21. The molecule has 4 heteroatoms. The Bertz CT molecular complexity index is 448. The Morgan fingerprint density at radius 1 is 1.42 bits per heavy atom. The van der Waals surface area contributed by atoms with Crippen LogP contribution in [-0.2, 0) is 11.3 Å². The molecule has 2 unspecified atom stereocenters. The van der Waals surface area contributed by atoms with Crippen molar-refractivity contribution in [2.75, 3.05) is 18.1 Å². The lowest BCUT2D eigenvalue weighted by molar-refractivity contribution is -0.00903. The number of morpholine rings is 1. The molecule has 0 spiro atoms. The molecule has 0 bridgehead atoms. The largest absolute Gasteiger partial charge is 0.392 e. The van der Waals surface area contributed by atoms with Crippen molar-refractivity contribution in [2.45, 2.75) is 51.4 Å². The van der Waals surface area contributed by atoms with Crippen molar-refractivity contribution in [1.29, 1.82) is 0 Å². The summed E-state index contributed by atoms with van der Waals surface area (Å²) < 4.78 is 5.91. The highest BCUT2D eigenvalue weighted by Gasteiger charge is 2.35. The van der Waals surface area contributed by atoms with Gasteiger partial charge >= 0.3 is 0 Å². The van der Waals surface area contributed by atoms with Crippen LogP contribution in [-0.4, -0.2) is 35.4 Å². The molecule has 1 aromatic heterocycles. The summed E-state index contributed by atoms with van der Waals surface area (Å²) in [6.45, 7) is 3.86. The van der Waals surface area contributed by atoms with Gasteiger partial charge in [-0.1, -0.05) is 12.8 Å². The van der Waals surface area contributed by atoms with E-state index in [0.717, 1.165) is 30.1 Å². The minimum absolute atomic E-state index is 0.0588. The van der Waals surface area contributed by atoms with Crippen molar-refractivity contribution in [1.82, 2.24) is 4.98 Å². The van der Waals surface area contributed by atoms with Crippen molar-refractivity contribution in [2.24, 2.45) is 0 Å². The molecule has 2 aliphatic rings. The zero-order valence-corrected chi connectivity index (χ0v) is 11.5. The molecule has 1 N–H and O–H groups in total. The van der Waals surface area contributed by atoms with Crippen molar-refractivity contribution in [3.8, 4) is 0 Å². The highest BCUT2D eigenvalue weighted by atomic mass is 16.5. The molecule has 1 aromatic rings. The maximum atomic E-state index is 9.18. The Morgan fingerprint density at radius 3 is 3.05 bits per heavy atom. The summed E-state index contributed by atoms with van der Waals surface area (Å²) in [5.41, 5.74) is 2.03. The zero-order chi connectivity index (χ0) is 13.2. The standard InChI is InChI=1S/C15H22N2O2/c1-11-8-12(10-18)9-16-15(11)17-6-7-19-14-5-3-2-4-13(14)17/h8-9,13-14,18H,2-7,10H2,1H3. The monoisotopic (exact) mass is 262 g/mol. The van der Waals surface area contributed by atoms with Gasteiger partial charge in [0.1, 0.15) is 5.82 Å². The van der Waals surface area contributed by atoms with E-state index in [-0.39, 0.29) is 6.61 Å². The van der Waals surface area contributed by atoms with E-state index in [0.29, 0.717) is 12.1 Å². The van der Waals surface area contributed by atoms with E-state index < -0.39 is 0 Å². The van der Waals surface area contributed by atoms with Crippen LogP contribution in [0, 0.1) is 6.92 Å². The normalized spacial score (nSPS) is 27.2. The minimum atomic E-state index is 0.0588. The number of aliphatic hydroxyl groups is 1. The van der Waals surface area contributed by atoms with Gasteiger partial charge in [0.2, 0.25) is 0 Å². The van der Waals surface area contributed by atoms with Gasteiger partial charge in [0, 0.05) is 12.7 Å². The maximum absolute atomic E-state index is 9.18. The second kappa shape index (κ2) is 5.47. The van der Waals surface area contributed by atoms with Crippen molar-refractivity contribution in [3.05, 3.63) is 23.4 Å². The molecule has 0 aromatic carbocycles. The number of hydrogen-bond donors (Lipinski definition) is 1. The number of ether oxygens (including phenoxy) is 1. The van der Waals surface area contributed by atoms with Crippen LogP contribution >= 0.6 is 0 Å². The summed E-state index contributed by atoms with van der Waals surface area (Å²) in [4.78, 5) is 6.99. The Labute approximate surface area is 114 Å². The highest BCUT2D eigenvalue weighted by molar-refractivity contribution is 5.49. The first kappa shape index (κ1) is 12.9. The van der Waals surface area contributed by atoms with Gasteiger partial charge in [-0.05, 0) is 37.0 Å². The molecule has 1 aliphatic heterocycles. The van der Waals surface area contributed by atoms with E-state index >= 15 is 0 Å². The van der Waals surface area contributed by atoms with Gasteiger partial charge in [-0.15, -0.1) is 0 Å². The molecule has 2 atom stereocenters. The number of anilines is 1. The average molecular weight is 262 g/mol. The van der Waals surface area contributed by atoms with Crippen LogP contribution in [0.1, 0.15) is 36.8 Å². The number of rotatable bonds is 2. The lowest BCUT2D eigenvalue weighted by atomic mass is 9.90. The number of fused-ring (bicyclic) bond motifs is 1. The molecule has 3 rings (SSSR count). The predicted octanol–water partition coefficient (Wildman–Crippen LogP) is 2.03. The van der Waals surface area contributed by atoms with Crippen LogP contribution in [0.3, 0.4) is 0 Å². The van der Waals surface area contributed by atoms with Crippen molar-refractivity contribution < 1.29 is 9.84 Å². The van der Waals surface area contributed by atoms with Crippen LogP contribution in [0.2, 0.25) is 0 Å².